The summed E-state index contributed by atoms with van der Waals surface area (Å²) in [6.07, 6.45) is 6.23. The Hall–Kier alpha value is -3.49. The van der Waals surface area contributed by atoms with E-state index in [4.69, 9.17) is 0 Å². The minimum atomic E-state index is -0.0587. The van der Waals surface area contributed by atoms with Gasteiger partial charge in [0.1, 0.15) is 6.07 Å². The second-order valence-corrected chi connectivity index (χ2v) is 10.1. The number of likely N-dealkylation sites (tertiary alicyclic amines) is 1. The van der Waals surface area contributed by atoms with Crippen molar-refractivity contribution in [3.8, 4) is 23.4 Å². The number of nitriles is 2. The Morgan fingerprint density at radius 2 is 1.91 bits per heavy atom. The topological polar surface area (TPSA) is 106 Å². The maximum absolute atomic E-state index is 9.77. The molecule has 2 aliphatic carbocycles. The van der Waals surface area contributed by atoms with E-state index in [0.717, 1.165) is 61.8 Å². The van der Waals surface area contributed by atoms with Gasteiger partial charge in [-0.3, -0.25) is 4.68 Å². The van der Waals surface area contributed by atoms with Gasteiger partial charge in [0.25, 0.3) is 0 Å². The van der Waals surface area contributed by atoms with E-state index < -0.39 is 0 Å². The number of anilines is 1. The second-order valence-electron chi connectivity index (χ2n) is 10.1. The Morgan fingerprint density at radius 3 is 2.61 bits per heavy atom. The van der Waals surface area contributed by atoms with Crippen LogP contribution < -0.4 is 5.32 Å². The zero-order chi connectivity index (χ0) is 22.6. The van der Waals surface area contributed by atoms with E-state index in [9.17, 15) is 10.5 Å². The number of hydrogen-bond acceptors (Lipinski definition) is 7. The standard InChI is InChI=1S/C25H26N8/c1-32-11-20-6-16(2-3-22(20)31-32)23-9-17(10-26)24(30-29-23)28-21-7-18-12-33(13-19(18)8-21)15-25(14-27)4-5-25/h2-3,6,9,11,18-19,21H,4-5,7-8,12-13,15H2,1H3,(H,28,30)/t18-,19+,21-. The predicted octanol–water partition coefficient (Wildman–Crippen LogP) is 3.33. The van der Waals surface area contributed by atoms with Gasteiger partial charge in [-0.25, -0.2) is 0 Å². The van der Waals surface area contributed by atoms with E-state index in [1.165, 1.54) is 0 Å². The normalized spacial score (nSPS) is 25.5. The van der Waals surface area contributed by atoms with Crippen molar-refractivity contribution in [2.45, 2.75) is 31.7 Å². The fraction of sp³-hybridized carbons (Fsp3) is 0.480. The molecule has 1 aliphatic heterocycles. The minimum absolute atomic E-state index is 0.0587. The van der Waals surface area contributed by atoms with Gasteiger partial charge in [-0.05, 0) is 55.7 Å². The molecule has 8 nitrogen and oxygen atoms in total. The Bertz CT molecular complexity index is 1290. The van der Waals surface area contributed by atoms with Crippen molar-refractivity contribution < 1.29 is 0 Å². The number of aromatic nitrogens is 4. The SMILES string of the molecule is Cn1cc2cc(-c3cc(C#N)c(N[C@@H]4C[C@@H]5CN(CC6(C#N)CC6)C[C@@H]5C4)nn3)ccc2n1. The van der Waals surface area contributed by atoms with E-state index in [1.54, 1.807) is 4.68 Å². The molecule has 166 valence electrons. The first-order chi connectivity index (χ1) is 16.0. The van der Waals surface area contributed by atoms with Crippen molar-refractivity contribution in [3.63, 3.8) is 0 Å². The van der Waals surface area contributed by atoms with Gasteiger partial charge < -0.3 is 10.2 Å². The monoisotopic (exact) mass is 438 g/mol. The van der Waals surface area contributed by atoms with Crippen molar-refractivity contribution in [3.05, 3.63) is 36.0 Å². The van der Waals surface area contributed by atoms with Gasteiger partial charge in [-0.2, -0.15) is 15.6 Å². The van der Waals surface area contributed by atoms with Crippen LogP contribution >= 0.6 is 0 Å². The highest BCUT2D eigenvalue weighted by atomic mass is 15.2. The number of benzene rings is 1. The van der Waals surface area contributed by atoms with Crippen molar-refractivity contribution >= 4 is 16.7 Å². The molecule has 3 heterocycles. The van der Waals surface area contributed by atoms with Crippen molar-refractivity contribution in [1.29, 1.82) is 10.5 Å². The average molecular weight is 439 g/mol. The molecule has 8 heteroatoms. The zero-order valence-corrected chi connectivity index (χ0v) is 18.7. The first kappa shape index (κ1) is 20.1. The fourth-order valence-electron chi connectivity index (χ4n) is 5.75. The number of rotatable bonds is 5. The molecular weight excluding hydrogens is 412 g/mol. The van der Waals surface area contributed by atoms with Crippen LogP contribution in [0.2, 0.25) is 0 Å². The van der Waals surface area contributed by atoms with E-state index in [2.05, 4.69) is 37.7 Å². The van der Waals surface area contributed by atoms with Crippen LogP contribution in [0.4, 0.5) is 5.82 Å². The van der Waals surface area contributed by atoms with Gasteiger partial charge in [0.05, 0.1) is 28.3 Å². The molecule has 33 heavy (non-hydrogen) atoms. The Morgan fingerprint density at radius 1 is 1.12 bits per heavy atom. The molecular formula is C25H26N8. The van der Waals surface area contributed by atoms with Crippen molar-refractivity contribution in [2.75, 3.05) is 25.0 Å². The molecule has 1 aromatic carbocycles. The molecule has 2 aromatic heterocycles. The first-order valence-corrected chi connectivity index (χ1v) is 11.7. The molecule has 3 aliphatic rings. The summed E-state index contributed by atoms with van der Waals surface area (Å²) in [5.41, 5.74) is 3.00. The summed E-state index contributed by atoms with van der Waals surface area (Å²) in [7, 11) is 1.90. The quantitative estimate of drug-likeness (QED) is 0.651. The highest BCUT2D eigenvalue weighted by Gasteiger charge is 2.48. The van der Waals surface area contributed by atoms with Gasteiger partial charge >= 0.3 is 0 Å². The summed E-state index contributed by atoms with van der Waals surface area (Å²) in [6.45, 7) is 3.10. The summed E-state index contributed by atoms with van der Waals surface area (Å²) in [5, 5.41) is 36.9. The van der Waals surface area contributed by atoms with Gasteiger partial charge in [-0.15, -0.1) is 10.2 Å². The lowest BCUT2D eigenvalue weighted by Gasteiger charge is -2.21. The molecule has 2 saturated carbocycles. The molecule has 3 fully saturated rings. The largest absolute Gasteiger partial charge is 0.365 e. The molecule has 0 amide bonds. The molecule has 0 radical (unpaired) electrons. The molecule has 0 bridgehead atoms. The minimum Gasteiger partial charge on any atom is -0.365 e. The number of aryl methyl sites for hydroxylation is 1. The predicted molar refractivity (Wildman–Crippen MR) is 124 cm³/mol. The van der Waals surface area contributed by atoms with Crippen LogP contribution in [0, 0.1) is 39.9 Å². The molecule has 6 rings (SSSR count). The van der Waals surface area contributed by atoms with Crippen LogP contribution in [0.25, 0.3) is 22.2 Å². The van der Waals surface area contributed by atoms with Gasteiger partial charge in [0.2, 0.25) is 0 Å². The number of nitrogens with one attached hydrogen (secondary N) is 1. The van der Waals surface area contributed by atoms with E-state index >= 15 is 0 Å². The van der Waals surface area contributed by atoms with Gasteiger partial charge in [0, 0.05) is 49.9 Å². The summed E-state index contributed by atoms with van der Waals surface area (Å²) < 4.78 is 1.79. The van der Waals surface area contributed by atoms with Crippen LogP contribution in [0.15, 0.2) is 30.5 Å². The molecule has 1 N–H and O–H groups in total. The molecule has 3 atom stereocenters. The lowest BCUT2D eigenvalue weighted by atomic mass is 10.0. The molecule has 0 unspecified atom stereocenters. The Labute approximate surface area is 192 Å². The number of nitrogens with zero attached hydrogens (tertiary/aromatic N) is 7. The summed E-state index contributed by atoms with van der Waals surface area (Å²) in [5.74, 6) is 1.88. The fourth-order valence-corrected chi connectivity index (χ4v) is 5.75. The lowest BCUT2D eigenvalue weighted by Crippen LogP contribution is -2.30. The summed E-state index contributed by atoms with van der Waals surface area (Å²) >= 11 is 0. The van der Waals surface area contributed by atoms with Crippen LogP contribution in [-0.4, -0.2) is 50.6 Å². The van der Waals surface area contributed by atoms with Crippen molar-refractivity contribution in [2.24, 2.45) is 24.3 Å². The molecule has 1 saturated heterocycles. The maximum Gasteiger partial charge on any atom is 0.166 e. The van der Waals surface area contributed by atoms with Crippen LogP contribution in [0.3, 0.4) is 0 Å². The number of hydrogen-bond donors (Lipinski definition) is 1. The summed E-state index contributed by atoms with van der Waals surface area (Å²) in [4.78, 5) is 2.50. The Kier molecular flexibility index (Phi) is 4.60. The van der Waals surface area contributed by atoms with Gasteiger partial charge in [-0.1, -0.05) is 6.07 Å². The molecule has 3 aromatic rings. The molecule has 0 spiro atoms. The third-order valence-electron chi connectivity index (χ3n) is 7.61. The number of fused-ring (bicyclic) bond motifs is 2. The highest BCUT2D eigenvalue weighted by molar-refractivity contribution is 5.83. The Balaban J connectivity index is 1.13. The third-order valence-corrected chi connectivity index (χ3v) is 7.61. The van der Waals surface area contributed by atoms with E-state index in [0.29, 0.717) is 35.0 Å². The lowest BCUT2D eigenvalue weighted by molar-refractivity contribution is 0.273. The highest BCUT2D eigenvalue weighted by Crippen LogP contribution is 2.48. The van der Waals surface area contributed by atoms with E-state index in [1.807, 2.05) is 37.5 Å². The van der Waals surface area contributed by atoms with E-state index in [-0.39, 0.29) is 5.41 Å². The maximum atomic E-state index is 9.77. The van der Waals surface area contributed by atoms with Crippen LogP contribution in [0.1, 0.15) is 31.2 Å². The first-order valence-electron chi connectivity index (χ1n) is 11.7. The van der Waals surface area contributed by atoms with Crippen LogP contribution in [0.5, 0.6) is 0 Å². The average Bonchev–Trinajstić information content (AvgIpc) is 3.11. The van der Waals surface area contributed by atoms with Crippen LogP contribution in [-0.2, 0) is 7.05 Å². The zero-order valence-electron chi connectivity index (χ0n) is 18.7. The smallest absolute Gasteiger partial charge is 0.166 e. The second kappa shape index (κ2) is 7.54. The van der Waals surface area contributed by atoms with Crippen molar-refractivity contribution in [1.82, 2.24) is 24.9 Å². The summed E-state index contributed by atoms with van der Waals surface area (Å²) in [6, 6.07) is 12.9. The third kappa shape index (κ3) is 3.71. The van der Waals surface area contributed by atoms with Gasteiger partial charge in [0.15, 0.2) is 5.82 Å².